The molecule has 0 unspecified atom stereocenters. The van der Waals surface area contributed by atoms with Gasteiger partial charge in [0.05, 0.1) is 43.7 Å². The van der Waals surface area contributed by atoms with E-state index in [-0.39, 0.29) is 24.3 Å². The molecule has 3 heterocycles. The summed E-state index contributed by atoms with van der Waals surface area (Å²) in [7, 11) is 1.35. The number of carbonyl (C=O) groups excluding carboxylic acids is 1. The van der Waals surface area contributed by atoms with Crippen molar-refractivity contribution in [3.8, 4) is 22.4 Å². The van der Waals surface area contributed by atoms with Gasteiger partial charge in [-0.3, -0.25) is 0 Å². The maximum atomic E-state index is 11.8. The predicted octanol–water partition coefficient (Wildman–Crippen LogP) is 4.53. The van der Waals surface area contributed by atoms with E-state index in [2.05, 4.69) is 57.3 Å². The Balaban J connectivity index is 1.06. The SMILES string of the molecule is COC(=O)c1cccc(NC(=S)N[C@H]2CO[C@H]3[C@@H]2OC[C@@H]3Nc2nccc(-c3ccc(-c4ccccc4)cc3)n2)c1. The molecule has 208 valence electrons. The fourth-order valence-corrected chi connectivity index (χ4v) is 5.41. The second-order valence-corrected chi connectivity index (χ2v) is 10.2. The van der Waals surface area contributed by atoms with Gasteiger partial charge in [-0.15, -0.1) is 0 Å². The van der Waals surface area contributed by atoms with E-state index in [0.717, 1.165) is 16.8 Å². The molecule has 10 heteroatoms. The third-order valence-electron chi connectivity index (χ3n) is 7.17. The number of nitrogens with zero attached hydrogens (tertiary/aromatic N) is 2. The molecule has 2 saturated heterocycles. The summed E-state index contributed by atoms with van der Waals surface area (Å²) in [6.07, 6.45) is 1.38. The minimum atomic E-state index is -0.409. The number of aromatic nitrogens is 2. The molecule has 0 spiro atoms. The summed E-state index contributed by atoms with van der Waals surface area (Å²) in [5.41, 5.74) is 5.29. The zero-order valence-corrected chi connectivity index (χ0v) is 23.1. The van der Waals surface area contributed by atoms with Crippen molar-refractivity contribution in [1.82, 2.24) is 15.3 Å². The van der Waals surface area contributed by atoms with Crippen LogP contribution in [0.15, 0.2) is 91.1 Å². The van der Waals surface area contributed by atoms with Crippen LogP contribution in [0.25, 0.3) is 22.4 Å². The van der Waals surface area contributed by atoms with Crippen LogP contribution < -0.4 is 16.0 Å². The minimum Gasteiger partial charge on any atom is -0.465 e. The number of thiocarbonyl (C=S) groups is 1. The zero-order chi connectivity index (χ0) is 28.2. The molecule has 4 atom stereocenters. The van der Waals surface area contributed by atoms with Gasteiger partial charge in [0.1, 0.15) is 12.2 Å². The average molecular weight is 568 g/mol. The highest BCUT2D eigenvalue weighted by Gasteiger charge is 2.48. The predicted molar refractivity (Wildman–Crippen MR) is 161 cm³/mol. The van der Waals surface area contributed by atoms with Crippen LogP contribution in [-0.4, -0.2) is 65.7 Å². The highest BCUT2D eigenvalue weighted by molar-refractivity contribution is 7.80. The van der Waals surface area contributed by atoms with Gasteiger partial charge in [0.25, 0.3) is 0 Å². The number of ether oxygens (including phenoxy) is 3. The lowest BCUT2D eigenvalue weighted by atomic mass is 10.0. The Hall–Kier alpha value is -4.38. The minimum absolute atomic E-state index is 0.110. The van der Waals surface area contributed by atoms with Gasteiger partial charge in [-0.1, -0.05) is 60.7 Å². The fraction of sp³-hybridized carbons (Fsp3) is 0.226. The van der Waals surface area contributed by atoms with Crippen molar-refractivity contribution in [3.05, 3.63) is 96.7 Å². The summed E-state index contributed by atoms with van der Waals surface area (Å²) in [5, 5.41) is 10.2. The Kier molecular flexibility index (Phi) is 7.86. The number of hydrogen-bond acceptors (Lipinski definition) is 8. The molecule has 41 heavy (non-hydrogen) atoms. The van der Waals surface area contributed by atoms with E-state index >= 15 is 0 Å². The number of fused-ring (bicyclic) bond motifs is 1. The zero-order valence-electron chi connectivity index (χ0n) is 22.3. The summed E-state index contributed by atoms with van der Waals surface area (Å²) in [4.78, 5) is 21.0. The largest absolute Gasteiger partial charge is 0.465 e. The van der Waals surface area contributed by atoms with Gasteiger partial charge in [-0.05, 0) is 47.6 Å². The van der Waals surface area contributed by atoms with Crippen LogP contribution in [0.5, 0.6) is 0 Å². The monoisotopic (exact) mass is 567 g/mol. The van der Waals surface area contributed by atoms with E-state index in [9.17, 15) is 4.79 Å². The van der Waals surface area contributed by atoms with Crippen LogP contribution >= 0.6 is 12.2 Å². The quantitative estimate of drug-likeness (QED) is 0.218. The van der Waals surface area contributed by atoms with Gasteiger partial charge in [0.2, 0.25) is 5.95 Å². The standard InChI is InChI=1S/C31H29N5O4S/c1-38-29(37)22-8-5-9-23(16-22)33-31(41)36-26-18-40-27-25(17-39-28(26)27)35-30-32-15-14-24(34-30)21-12-10-20(11-13-21)19-6-3-2-4-7-19/h2-16,25-28H,17-18H2,1H3,(H,32,34,35)(H2,33,36,41)/t25-,26-,27+,28+/m0/s1. The molecular formula is C31H29N5O4S. The second kappa shape index (κ2) is 12.0. The Morgan fingerprint density at radius 1 is 0.878 bits per heavy atom. The van der Waals surface area contributed by atoms with Crippen LogP contribution in [0.1, 0.15) is 10.4 Å². The van der Waals surface area contributed by atoms with Crippen molar-refractivity contribution in [1.29, 1.82) is 0 Å². The molecule has 9 nitrogen and oxygen atoms in total. The number of nitrogens with one attached hydrogen (secondary N) is 3. The Morgan fingerprint density at radius 3 is 2.37 bits per heavy atom. The van der Waals surface area contributed by atoms with E-state index in [0.29, 0.717) is 35.5 Å². The van der Waals surface area contributed by atoms with Crippen molar-refractivity contribution in [2.24, 2.45) is 0 Å². The molecule has 3 N–H and O–H groups in total. The average Bonchev–Trinajstić information content (AvgIpc) is 3.60. The van der Waals surface area contributed by atoms with Crippen molar-refractivity contribution < 1.29 is 19.0 Å². The van der Waals surface area contributed by atoms with Crippen molar-refractivity contribution >= 4 is 34.9 Å². The number of esters is 1. The molecule has 0 bridgehead atoms. The molecule has 1 aromatic heterocycles. The second-order valence-electron chi connectivity index (χ2n) is 9.83. The number of rotatable bonds is 7. The third-order valence-corrected chi connectivity index (χ3v) is 7.39. The number of methoxy groups -OCH3 is 1. The van der Waals surface area contributed by atoms with Crippen LogP contribution in [0.3, 0.4) is 0 Å². The van der Waals surface area contributed by atoms with Gasteiger partial charge in [0, 0.05) is 17.4 Å². The van der Waals surface area contributed by atoms with Gasteiger partial charge in [0.15, 0.2) is 5.11 Å². The fourth-order valence-electron chi connectivity index (χ4n) is 5.14. The topological polar surface area (TPSA) is 107 Å². The number of benzene rings is 3. The van der Waals surface area contributed by atoms with E-state index in [1.165, 1.54) is 12.7 Å². The number of hydrogen-bond donors (Lipinski definition) is 3. The Labute approximate surface area is 243 Å². The smallest absolute Gasteiger partial charge is 0.337 e. The molecule has 6 rings (SSSR count). The van der Waals surface area contributed by atoms with Gasteiger partial charge >= 0.3 is 5.97 Å². The summed E-state index contributed by atoms with van der Waals surface area (Å²) >= 11 is 5.52. The Morgan fingerprint density at radius 2 is 1.59 bits per heavy atom. The molecule has 2 aliphatic rings. The molecule has 3 aromatic carbocycles. The lowest BCUT2D eigenvalue weighted by molar-refractivity contribution is 0.0600. The Bertz CT molecular complexity index is 1540. The van der Waals surface area contributed by atoms with E-state index < -0.39 is 5.97 Å². The van der Waals surface area contributed by atoms with Crippen molar-refractivity contribution in [2.75, 3.05) is 31.0 Å². The normalized spacial score (nSPS) is 21.1. The maximum absolute atomic E-state index is 11.8. The number of anilines is 2. The maximum Gasteiger partial charge on any atom is 0.337 e. The van der Waals surface area contributed by atoms with Gasteiger partial charge < -0.3 is 30.2 Å². The highest BCUT2D eigenvalue weighted by Crippen LogP contribution is 2.29. The summed E-state index contributed by atoms with van der Waals surface area (Å²) < 4.78 is 17.0. The van der Waals surface area contributed by atoms with Crippen LogP contribution in [0.4, 0.5) is 11.6 Å². The molecule has 2 fully saturated rings. The molecule has 0 amide bonds. The number of carbonyl (C=O) groups is 1. The van der Waals surface area contributed by atoms with Gasteiger partial charge in [-0.25, -0.2) is 14.8 Å². The lowest BCUT2D eigenvalue weighted by Crippen LogP contribution is -2.46. The molecule has 0 radical (unpaired) electrons. The van der Waals surface area contributed by atoms with Crippen LogP contribution in [0, 0.1) is 0 Å². The molecule has 2 aliphatic heterocycles. The van der Waals surface area contributed by atoms with E-state index in [1.807, 2.05) is 30.3 Å². The van der Waals surface area contributed by atoms with Crippen molar-refractivity contribution in [2.45, 2.75) is 24.3 Å². The van der Waals surface area contributed by atoms with Crippen molar-refractivity contribution in [3.63, 3.8) is 0 Å². The van der Waals surface area contributed by atoms with E-state index in [1.54, 1.807) is 24.4 Å². The first-order valence-electron chi connectivity index (χ1n) is 13.3. The molecule has 4 aromatic rings. The summed E-state index contributed by atoms with van der Waals surface area (Å²) in [6, 6.07) is 27.2. The first-order chi connectivity index (χ1) is 20.1. The molecule has 0 aliphatic carbocycles. The van der Waals surface area contributed by atoms with Crippen LogP contribution in [0.2, 0.25) is 0 Å². The lowest BCUT2D eigenvalue weighted by Gasteiger charge is -2.20. The van der Waals surface area contributed by atoms with Gasteiger partial charge in [-0.2, -0.15) is 0 Å². The molecular weight excluding hydrogens is 538 g/mol. The van der Waals surface area contributed by atoms with Crippen LogP contribution in [-0.2, 0) is 14.2 Å². The first kappa shape index (κ1) is 26.8. The highest BCUT2D eigenvalue weighted by atomic mass is 32.1. The molecule has 0 saturated carbocycles. The first-order valence-corrected chi connectivity index (χ1v) is 13.7. The summed E-state index contributed by atoms with van der Waals surface area (Å²) in [6.45, 7) is 0.889. The van der Waals surface area contributed by atoms with E-state index in [4.69, 9.17) is 31.4 Å². The third kappa shape index (κ3) is 6.04. The summed E-state index contributed by atoms with van der Waals surface area (Å²) in [5.74, 6) is 0.111.